The van der Waals surface area contributed by atoms with Crippen molar-refractivity contribution >= 4 is 20.2 Å². The normalized spacial score (nSPS) is 11.9. The molecule has 0 heterocycles. The van der Waals surface area contributed by atoms with Crippen molar-refractivity contribution in [2.24, 2.45) is 0 Å². The summed E-state index contributed by atoms with van der Waals surface area (Å²) in [6.07, 6.45) is 1.86. The second-order valence-electron chi connectivity index (χ2n) is 4.60. The summed E-state index contributed by atoms with van der Waals surface area (Å²) >= 11 is 0. The van der Waals surface area contributed by atoms with Gasteiger partial charge in [-0.1, -0.05) is 30.3 Å². The predicted octanol–water partition coefficient (Wildman–Crippen LogP) is 2.03. The van der Waals surface area contributed by atoms with Crippen LogP contribution in [0.2, 0.25) is 0 Å². The summed E-state index contributed by atoms with van der Waals surface area (Å²) in [6, 6.07) is 12.9. The molecule has 6 nitrogen and oxygen atoms in total. The third-order valence-electron chi connectivity index (χ3n) is 2.52. The van der Waals surface area contributed by atoms with Crippen molar-refractivity contribution in [1.82, 2.24) is 0 Å². The maximum absolute atomic E-state index is 11.3. The first-order valence-corrected chi connectivity index (χ1v) is 9.76. The quantitative estimate of drug-likeness (QED) is 0.773. The number of hydrogen-bond acceptors (Lipinski definition) is 6. The van der Waals surface area contributed by atoms with Gasteiger partial charge in [0.15, 0.2) is 5.75 Å². The van der Waals surface area contributed by atoms with Crippen LogP contribution in [0.15, 0.2) is 48.5 Å². The molecular formula is C14H14O6S2. The van der Waals surface area contributed by atoms with Gasteiger partial charge in [0.2, 0.25) is 0 Å². The molecule has 0 bridgehead atoms. The van der Waals surface area contributed by atoms with E-state index in [0.29, 0.717) is 11.1 Å². The van der Waals surface area contributed by atoms with E-state index >= 15 is 0 Å². The Hall–Kier alpha value is -2.06. The highest BCUT2D eigenvalue weighted by Gasteiger charge is 2.14. The average Bonchev–Trinajstić information content (AvgIpc) is 2.38. The SMILES string of the molecule is CS(=O)(=O)Oc1ccc(OS(C)(=O)=O)c(-c2ccccc2)c1. The minimum atomic E-state index is -3.71. The van der Waals surface area contributed by atoms with Gasteiger partial charge in [-0.05, 0) is 23.8 Å². The molecule has 0 atom stereocenters. The summed E-state index contributed by atoms with van der Waals surface area (Å²) < 4.78 is 54.9. The monoisotopic (exact) mass is 342 g/mol. The van der Waals surface area contributed by atoms with E-state index in [9.17, 15) is 16.8 Å². The second kappa shape index (κ2) is 5.98. The molecule has 0 radical (unpaired) electrons. The smallest absolute Gasteiger partial charge is 0.306 e. The fraction of sp³-hybridized carbons (Fsp3) is 0.143. The Kier molecular flexibility index (Phi) is 4.43. The Morgan fingerprint density at radius 2 is 1.36 bits per heavy atom. The standard InChI is InChI=1S/C14H14O6S2/c1-21(15,16)19-12-8-9-14(20-22(2,17)18)13(10-12)11-6-4-3-5-7-11/h3-10H,1-2H3. The Balaban J connectivity index is 2.55. The molecule has 2 aromatic carbocycles. The molecule has 22 heavy (non-hydrogen) atoms. The van der Waals surface area contributed by atoms with Crippen LogP contribution in [0.5, 0.6) is 11.5 Å². The van der Waals surface area contributed by atoms with Crippen molar-refractivity contribution < 1.29 is 25.2 Å². The second-order valence-corrected chi connectivity index (χ2v) is 7.75. The molecule has 0 aliphatic rings. The van der Waals surface area contributed by atoms with E-state index in [0.717, 1.165) is 12.5 Å². The molecular weight excluding hydrogens is 328 g/mol. The maximum Gasteiger partial charge on any atom is 0.306 e. The Morgan fingerprint density at radius 1 is 0.773 bits per heavy atom. The lowest BCUT2D eigenvalue weighted by molar-refractivity contribution is 0.485. The van der Waals surface area contributed by atoms with Gasteiger partial charge in [-0.3, -0.25) is 0 Å². The molecule has 0 unspecified atom stereocenters. The third-order valence-corrected chi connectivity index (χ3v) is 3.50. The van der Waals surface area contributed by atoms with Crippen molar-refractivity contribution in [1.29, 1.82) is 0 Å². The fourth-order valence-electron chi connectivity index (χ4n) is 1.81. The minimum absolute atomic E-state index is 0.0715. The molecule has 0 spiro atoms. The highest BCUT2D eigenvalue weighted by atomic mass is 32.2. The summed E-state index contributed by atoms with van der Waals surface area (Å²) in [5.41, 5.74) is 1.08. The van der Waals surface area contributed by atoms with Crippen LogP contribution in [0.1, 0.15) is 0 Å². The highest BCUT2D eigenvalue weighted by molar-refractivity contribution is 7.86. The molecule has 8 heteroatoms. The van der Waals surface area contributed by atoms with E-state index < -0.39 is 20.2 Å². The van der Waals surface area contributed by atoms with Crippen LogP contribution in [-0.2, 0) is 20.2 Å². The van der Waals surface area contributed by atoms with Crippen molar-refractivity contribution in [3.05, 3.63) is 48.5 Å². The van der Waals surface area contributed by atoms with E-state index in [1.54, 1.807) is 30.3 Å². The van der Waals surface area contributed by atoms with E-state index in [1.165, 1.54) is 18.2 Å². The summed E-state index contributed by atoms with van der Waals surface area (Å²) in [6.45, 7) is 0. The van der Waals surface area contributed by atoms with Crippen molar-refractivity contribution in [3.63, 3.8) is 0 Å². The molecule has 0 saturated heterocycles. The van der Waals surface area contributed by atoms with Gasteiger partial charge >= 0.3 is 20.2 Å². The predicted molar refractivity (Wildman–Crippen MR) is 82.8 cm³/mol. The zero-order chi connectivity index (χ0) is 16.4. The molecule has 118 valence electrons. The van der Waals surface area contributed by atoms with Crippen LogP contribution in [0, 0.1) is 0 Å². The van der Waals surface area contributed by atoms with Crippen molar-refractivity contribution in [2.75, 3.05) is 12.5 Å². The van der Waals surface area contributed by atoms with Gasteiger partial charge in [0, 0.05) is 5.56 Å². The molecule has 0 aromatic heterocycles. The van der Waals surface area contributed by atoms with Gasteiger partial charge in [0.25, 0.3) is 0 Å². The van der Waals surface area contributed by atoms with Crippen LogP contribution in [0.25, 0.3) is 11.1 Å². The zero-order valence-corrected chi connectivity index (χ0v) is 13.5. The van der Waals surface area contributed by atoms with Crippen LogP contribution < -0.4 is 8.37 Å². The van der Waals surface area contributed by atoms with Gasteiger partial charge in [-0.15, -0.1) is 0 Å². The first-order valence-electron chi connectivity index (χ1n) is 6.12. The van der Waals surface area contributed by atoms with E-state index in [-0.39, 0.29) is 11.5 Å². The molecule has 2 rings (SSSR count). The lowest BCUT2D eigenvalue weighted by Crippen LogP contribution is -2.08. The molecule has 0 fully saturated rings. The van der Waals surface area contributed by atoms with Crippen molar-refractivity contribution in [3.8, 4) is 22.6 Å². The molecule has 2 aromatic rings. The molecule has 0 amide bonds. The lowest BCUT2D eigenvalue weighted by Gasteiger charge is -2.12. The fourth-order valence-corrected chi connectivity index (χ4v) is 2.74. The van der Waals surface area contributed by atoms with Gasteiger partial charge in [-0.25, -0.2) is 0 Å². The number of hydrogen-bond donors (Lipinski definition) is 0. The van der Waals surface area contributed by atoms with E-state index in [4.69, 9.17) is 8.37 Å². The van der Waals surface area contributed by atoms with E-state index in [2.05, 4.69) is 0 Å². The molecule has 0 aliphatic heterocycles. The number of benzene rings is 2. The minimum Gasteiger partial charge on any atom is -0.383 e. The average molecular weight is 342 g/mol. The van der Waals surface area contributed by atoms with Crippen LogP contribution in [0.3, 0.4) is 0 Å². The van der Waals surface area contributed by atoms with Crippen LogP contribution >= 0.6 is 0 Å². The topological polar surface area (TPSA) is 86.7 Å². The van der Waals surface area contributed by atoms with Gasteiger partial charge < -0.3 is 8.37 Å². The van der Waals surface area contributed by atoms with E-state index in [1.807, 2.05) is 0 Å². The van der Waals surface area contributed by atoms with Gasteiger partial charge in [-0.2, -0.15) is 16.8 Å². The summed E-state index contributed by atoms with van der Waals surface area (Å²) in [5.74, 6) is 0.164. The van der Waals surface area contributed by atoms with Gasteiger partial charge in [0.1, 0.15) is 5.75 Å². The van der Waals surface area contributed by atoms with Gasteiger partial charge in [0.05, 0.1) is 12.5 Å². The highest BCUT2D eigenvalue weighted by Crippen LogP contribution is 2.34. The first kappa shape index (κ1) is 16.3. The van der Waals surface area contributed by atoms with Crippen LogP contribution in [0.4, 0.5) is 0 Å². The lowest BCUT2D eigenvalue weighted by atomic mass is 10.0. The molecule has 0 saturated carbocycles. The zero-order valence-electron chi connectivity index (χ0n) is 11.9. The molecule has 0 N–H and O–H groups in total. The largest absolute Gasteiger partial charge is 0.383 e. The van der Waals surface area contributed by atoms with Crippen LogP contribution in [-0.4, -0.2) is 29.3 Å². The van der Waals surface area contributed by atoms with Crippen molar-refractivity contribution in [2.45, 2.75) is 0 Å². The molecule has 0 aliphatic carbocycles. The first-order chi connectivity index (χ1) is 10.1. The summed E-state index contributed by atoms with van der Waals surface area (Å²) in [4.78, 5) is 0. The number of rotatable bonds is 5. The Labute approximate surface area is 129 Å². The summed E-state index contributed by atoms with van der Waals surface area (Å²) in [5, 5.41) is 0. The summed E-state index contributed by atoms with van der Waals surface area (Å²) in [7, 11) is -7.40. The third kappa shape index (κ3) is 4.74. The maximum atomic E-state index is 11.3. The Bertz CT molecular complexity index is 871. The Morgan fingerprint density at radius 3 is 1.91 bits per heavy atom.